The number of aromatic nitrogens is 5. The van der Waals surface area contributed by atoms with Gasteiger partial charge in [0.05, 0.1) is 13.7 Å². The Labute approximate surface area is 101 Å². The first-order valence-corrected chi connectivity index (χ1v) is 5.24. The van der Waals surface area contributed by atoms with Crippen LogP contribution in [0.4, 0.5) is 5.95 Å². The van der Waals surface area contributed by atoms with Gasteiger partial charge in [0.15, 0.2) is 5.69 Å². The molecule has 2 aromatic rings. The van der Waals surface area contributed by atoms with Crippen LogP contribution in [-0.2, 0) is 6.54 Å². The summed E-state index contributed by atoms with van der Waals surface area (Å²) in [7, 11) is 1.44. The van der Waals surface area contributed by atoms with Crippen molar-refractivity contribution in [3.8, 4) is 11.9 Å². The molecule has 9 heteroatoms. The van der Waals surface area contributed by atoms with Crippen molar-refractivity contribution in [3.05, 3.63) is 11.8 Å². The minimum Gasteiger partial charge on any atom is -0.476 e. The van der Waals surface area contributed by atoms with E-state index in [4.69, 9.17) is 9.47 Å². The first kappa shape index (κ1) is 10.6. The first-order chi connectivity index (χ1) is 8.76. The fourth-order valence-electron chi connectivity index (χ4n) is 1.59. The smallest absolute Gasteiger partial charge is 0.336 e. The van der Waals surface area contributed by atoms with Crippen molar-refractivity contribution < 1.29 is 14.3 Å². The van der Waals surface area contributed by atoms with Crippen LogP contribution in [-0.4, -0.2) is 44.6 Å². The molecule has 1 aliphatic rings. The Balaban J connectivity index is 1.74. The van der Waals surface area contributed by atoms with E-state index in [2.05, 4.69) is 25.6 Å². The molecule has 2 aromatic heterocycles. The highest BCUT2D eigenvalue weighted by Gasteiger charge is 2.19. The van der Waals surface area contributed by atoms with Gasteiger partial charge < -0.3 is 9.47 Å². The fraction of sp³-hybridized carbons (Fsp3) is 0.333. The normalized spacial score (nSPS) is 12.9. The van der Waals surface area contributed by atoms with Crippen LogP contribution in [0.1, 0.15) is 10.5 Å². The Morgan fingerprint density at radius 3 is 3.28 bits per heavy atom. The lowest BCUT2D eigenvalue weighted by atomic mass is 10.4. The summed E-state index contributed by atoms with van der Waals surface area (Å²) in [5.74, 6) is 0.403. The molecule has 0 radical (unpaired) electrons. The van der Waals surface area contributed by atoms with Crippen LogP contribution >= 0.6 is 0 Å². The number of fused-ring (bicyclic) bond motifs is 1. The van der Waals surface area contributed by atoms with Crippen molar-refractivity contribution in [2.45, 2.75) is 6.54 Å². The van der Waals surface area contributed by atoms with Gasteiger partial charge in [-0.2, -0.15) is 10.1 Å². The zero-order chi connectivity index (χ0) is 12.5. The van der Waals surface area contributed by atoms with E-state index in [9.17, 15) is 4.79 Å². The standard InChI is InChI=1S/C9H10N6O3/c1-17-9-11-8(12-13-9)10-7(16)5-4-6-15(14-5)2-3-18-6/h4H,2-3H2,1H3,(H2,10,11,12,13,16). The number of methoxy groups -OCH3 is 1. The van der Waals surface area contributed by atoms with Crippen molar-refractivity contribution in [3.63, 3.8) is 0 Å². The largest absolute Gasteiger partial charge is 0.476 e. The van der Waals surface area contributed by atoms with Gasteiger partial charge >= 0.3 is 6.01 Å². The third-order valence-corrected chi connectivity index (χ3v) is 2.41. The summed E-state index contributed by atoms with van der Waals surface area (Å²) < 4.78 is 11.7. The van der Waals surface area contributed by atoms with Crippen molar-refractivity contribution in [2.24, 2.45) is 0 Å². The van der Waals surface area contributed by atoms with Crippen LogP contribution in [0.3, 0.4) is 0 Å². The van der Waals surface area contributed by atoms with E-state index >= 15 is 0 Å². The summed E-state index contributed by atoms with van der Waals surface area (Å²) >= 11 is 0. The number of carbonyl (C=O) groups is 1. The van der Waals surface area contributed by atoms with Crippen molar-refractivity contribution in [2.75, 3.05) is 19.0 Å². The molecule has 0 aliphatic carbocycles. The summed E-state index contributed by atoms with van der Waals surface area (Å²) in [6, 6.07) is 1.73. The van der Waals surface area contributed by atoms with Gasteiger partial charge in [-0.05, 0) is 0 Å². The Morgan fingerprint density at radius 1 is 1.67 bits per heavy atom. The Hall–Kier alpha value is -2.58. The molecule has 3 rings (SSSR count). The maximum absolute atomic E-state index is 11.8. The van der Waals surface area contributed by atoms with Crippen molar-refractivity contribution in [1.29, 1.82) is 0 Å². The van der Waals surface area contributed by atoms with E-state index in [0.717, 1.165) is 0 Å². The number of anilines is 1. The molecular weight excluding hydrogens is 240 g/mol. The van der Waals surface area contributed by atoms with Crippen LogP contribution in [0.25, 0.3) is 0 Å². The monoisotopic (exact) mass is 250 g/mol. The van der Waals surface area contributed by atoms with E-state index in [-0.39, 0.29) is 23.6 Å². The Morgan fingerprint density at radius 2 is 2.56 bits per heavy atom. The van der Waals surface area contributed by atoms with Gasteiger partial charge in [-0.25, -0.2) is 9.78 Å². The van der Waals surface area contributed by atoms with Gasteiger partial charge in [0.25, 0.3) is 5.91 Å². The zero-order valence-corrected chi connectivity index (χ0v) is 9.51. The topological polar surface area (TPSA) is 107 Å². The number of rotatable bonds is 3. The molecule has 1 aliphatic heterocycles. The number of nitrogens with zero attached hydrogens (tertiary/aromatic N) is 4. The number of hydrogen-bond acceptors (Lipinski definition) is 6. The van der Waals surface area contributed by atoms with E-state index in [1.54, 1.807) is 10.7 Å². The number of nitrogens with one attached hydrogen (secondary N) is 2. The van der Waals surface area contributed by atoms with Crippen LogP contribution in [0, 0.1) is 0 Å². The molecule has 2 N–H and O–H groups in total. The van der Waals surface area contributed by atoms with Gasteiger partial charge in [-0.1, -0.05) is 0 Å². The van der Waals surface area contributed by atoms with Crippen LogP contribution in [0.2, 0.25) is 0 Å². The third kappa shape index (κ3) is 1.75. The maximum Gasteiger partial charge on any atom is 0.336 e. The molecule has 18 heavy (non-hydrogen) atoms. The third-order valence-electron chi connectivity index (χ3n) is 2.41. The predicted octanol–water partition coefficient (Wildman–Crippen LogP) is -0.346. The van der Waals surface area contributed by atoms with E-state index < -0.39 is 0 Å². The molecule has 3 heterocycles. The van der Waals surface area contributed by atoms with Crippen molar-refractivity contribution in [1.82, 2.24) is 25.0 Å². The summed E-state index contributed by atoms with van der Waals surface area (Å²) in [5, 5.41) is 12.9. The Bertz CT molecular complexity index is 567. The SMILES string of the molecule is COc1n[nH]c(NC(=O)c2cc3n(n2)CCO3)n1. The number of carbonyl (C=O) groups excluding carboxylic acids is 1. The minimum absolute atomic E-state index is 0.154. The number of aromatic amines is 1. The number of amides is 1. The fourth-order valence-corrected chi connectivity index (χ4v) is 1.59. The average molecular weight is 250 g/mol. The molecule has 0 unspecified atom stereocenters. The quantitative estimate of drug-likeness (QED) is 0.771. The van der Waals surface area contributed by atoms with Gasteiger partial charge in [-0.3, -0.25) is 10.1 Å². The number of hydrogen-bond donors (Lipinski definition) is 2. The molecular formula is C9H10N6O3. The highest BCUT2D eigenvalue weighted by Crippen LogP contribution is 2.18. The molecule has 0 fully saturated rings. The van der Waals surface area contributed by atoms with Gasteiger partial charge in [0, 0.05) is 6.07 Å². The van der Waals surface area contributed by atoms with Crippen LogP contribution in [0.5, 0.6) is 11.9 Å². The lowest BCUT2D eigenvalue weighted by molar-refractivity contribution is 0.102. The molecule has 0 atom stereocenters. The predicted molar refractivity (Wildman–Crippen MR) is 58.6 cm³/mol. The van der Waals surface area contributed by atoms with E-state index in [1.165, 1.54) is 7.11 Å². The Kier molecular flexibility index (Phi) is 2.36. The van der Waals surface area contributed by atoms with Crippen molar-refractivity contribution >= 4 is 11.9 Å². The van der Waals surface area contributed by atoms with Crippen LogP contribution < -0.4 is 14.8 Å². The summed E-state index contributed by atoms with van der Waals surface area (Å²) in [6.07, 6.45) is 0. The second-order valence-electron chi connectivity index (χ2n) is 3.56. The lowest BCUT2D eigenvalue weighted by Gasteiger charge is -1.97. The number of H-pyrrole nitrogens is 1. The van der Waals surface area contributed by atoms with Gasteiger partial charge in [-0.15, -0.1) is 5.10 Å². The molecule has 94 valence electrons. The summed E-state index contributed by atoms with van der Waals surface area (Å²) in [5.41, 5.74) is 0.264. The maximum atomic E-state index is 11.8. The number of ether oxygens (including phenoxy) is 2. The lowest BCUT2D eigenvalue weighted by Crippen LogP contribution is -2.14. The minimum atomic E-state index is -0.390. The zero-order valence-electron chi connectivity index (χ0n) is 9.51. The molecule has 1 amide bonds. The van der Waals surface area contributed by atoms with Gasteiger partial charge in [0.1, 0.15) is 6.61 Å². The molecule has 0 bridgehead atoms. The molecule has 0 saturated carbocycles. The van der Waals surface area contributed by atoms with E-state index in [1.807, 2.05) is 0 Å². The average Bonchev–Trinajstić information content (AvgIpc) is 3.02. The second kappa shape index (κ2) is 4.02. The first-order valence-electron chi connectivity index (χ1n) is 5.24. The highest BCUT2D eigenvalue weighted by atomic mass is 16.5. The molecule has 0 saturated heterocycles. The molecule has 9 nitrogen and oxygen atoms in total. The molecule has 0 aromatic carbocycles. The molecule has 0 spiro atoms. The summed E-state index contributed by atoms with van der Waals surface area (Å²) in [4.78, 5) is 15.7. The van der Waals surface area contributed by atoms with Crippen LogP contribution in [0.15, 0.2) is 6.07 Å². The van der Waals surface area contributed by atoms with Gasteiger partial charge in [0.2, 0.25) is 11.8 Å². The van der Waals surface area contributed by atoms with E-state index in [0.29, 0.717) is 19.0 Å². The highest BCUT2D eigenvalue weighted by molar-refractivity contribution is 6.02. The second-order valence-corrected chi connectivity index (χ2v) is 3.56. The summed E-state index contributed by atoms with van der Waals surface area (Å²) in [6.45, 7) is 1.24.